The average Bonchev–Trinajstić information content (AvgIpc) is 3.05. The minimum atomic E-state index is -0.132. The van der Waals surface area contributed by atoms with Gasteiger partial charge in [0.15, 0.2) is 11.5 Å². The molecule has 0 bridgehead atoms. The van der Waals surface area contributed by atoms with E-state index >= 15 is 0 Å². The summed E-state index contributed by atoms with van der Waals surface area (Å²) >= 11 is 1.82. The maximum Gasteiger partial charge on any atom is 0.321 e. The molecule has 1 atom stereocenters. The lowest BCUT2D eigenvalue weighted by atomic mass is 10.2. The molecule has 2 heterocycles. The number of hydrogen-bond acceptors (Lipinski definition) is 5. The summed E-state index contributed by atoms with van der Waals surface area (Å²) in [6, 6.07) is 9.19. The van der Waals surface area contributed by atoms with Gasteiger partial charge >= 0.3 is 6.03 Å². The van der Waals surface area contributed by atoms with E-state index in [1.807, 2.05) is 34.9 Å². The summed E-state index contributed by atoms with van der Waals surface area (Å²) in [5.41, 5.74) is 0.603. The molecule has 2 aromatic rings. The molecule has 1 aliphatic heterocycles. The van der Waals surface area contributed by atoms with Crippen molar-refractivity contribution < 1.29 is 18.7 Å². The van der Waals surface area contributed by atoms with Gasteiger partial charge < -0.3 is 24.1 Å². The van der Waals surface area contributed by atoms with Crippen LogP contribution < -0.4 is 14.8 Å². The lowest BCUT2D eigenvalue weighted by Gasteiger charge is -2.22. The largest absolute Gasteiger partial charge is 0.493 e. The Morgan fingerprint density at radius 3 is 2.84 bits per heavy atom. The number of para-hydroxylation sites is 1. The maximum absolute atomic E-state index is 12.7. The number of nitrogens with zero attached hydrogens (tertiary/aromatic N) is 1. The van der Waals surface area contributed by atoms with Crippen LogP contribution in [0.15, 0.2) is 41.0 Å². The van der Waals surface area contributed by atoms with Gasteiger partial charge in [-0.3, -0.25) is 0 Å². The summed E-state index contributed by atoms with van der Waals surface area (Å²) < 4.78 is 16.2. The average molecular weight is 362 g/mol. The van der Waals surface area contributed by atoms with E-state index < -0.39 is 0 Å². The Balaban J connectivity index is 1.66. The summed E-state index contributed by atoms with van der Waals surface area (Å²) in [4.78, 5) is 14.5. The van der Waals surface area contributed by atoms with Crippen LogP contribution in [-0.2, 0) is 0 Å². The van der Waals surface area contributed by atoms with E-state index in [2.05, 4.69) is 5.32 Å². The van der Waals surface area contributed by atoms with Gasteiger partial charge in [0.05, 0.1) is 31.4 Å². The van der Waals surface area contributed by atoms with Crippen LogP contribution in [-0.4, -0.2) is 44.0 Å². The Labute approximate surface area is 151 Å². The normalized spacial score (nSPS) is 17.7. The zero-order valence-electron chi connectivity index (χ0n) is 14.4. The smallest absolute Gasteiger partial charge is 0.321 e. The summed E-state index contributed by atoms with van der Waals surface area (Å²) in [6.07, 6.45) is 2.56. The molecular formula is C18H22N2O4S. The molecule has 1 saturated heterocycles. The Kier molecular flexibility index (Phi) is 5.75. The molecule has 1 unspecified atom stereocenters. The van der Waals surface area contributed by atoms with Crippen molar-refractivity contribution in [2.45, 2.75) is 11.7 Å². The van der Waals surface area contributed by atoms with Crippen molar-refractivity contribution in [3.05, 3.63) is 42.4 Å². The van der Waals surface area contributed by atoms with Crippen LogP contribution in [0.1, 0.15) is 17.4 Å². The number of urea groups is 1. The number of benzene rings is 1. The highest BCUT2D eigenvalue weighted by Gasteiger charge is 2.24. The molecule has 7 heteroatoms. The molecular weight excluding hydrogens is 340 g/mol. The highest BCUT2D eigenvalue weighted by molar-refractivity contribution is 7.99. The van der Waals surface area contributed by atoms with Gasteiger partial charge in [-0.15, -0.1) is 11.8 Å². The van der Waals surface area contributed by atoms with Gasteiger partial charge in [0, 0.05) is 18.8 Å². The standard InChI is InChI=1S/C18H22N2O4S/c1-22-15-6-3-5-13(17(15)23-2)19-18(21)20-9-8-16(25-12-10-20)14-7-4-11-24-14/h3-7,11,16H,8-10,12H2,1-2H3,(H,19,21). The van der Waals surface area contributed by atoms with E-state index in [0.29, 0.717) is 35.5 Å². The van der Waals surface area contributed by atoms with E-state index in [4.69, 9.17) is 13.9 Å². The quantitative estimate of drug-likeness (QED) is 0.890. The number of methoxy groups -OCH3 is 2. The number of ether oxygens (including phenoxy) is 2. The first-order chi connectivity index (χ1) is 12.2. The first kappa shape index (κ1) is 17.5. The Morgan fingerprint density at radius 1 is 1.24 bits per heavy atom. The second kappa shape index (κ2) is 8.20. The molecule has 0 radical (unpaired) electrons. The zero-order chi connectivity index (χ0) is 17.6. The molecule has 1 N–H and O–H groups in total. The summed E-state index contributed by atoms with van der Waals surface area (Å²) in [7, 11) is 3.13. The van der Waals surface area contributed by atoms with E-state index in [1.165, 1.54) is 0 Å². The minimum absolute atomic E-state index is 0.132. The molecule has 1 aromatic heterocycles. The lowest BCUT2D eigenvalue weighted by Crippen LogP contribution is -2.36. The van der Waals surface area contributed by atoms with E-state index in [9.17, 15) is 4.79 Å². The molecule has 0 spiro atoms. The fourth-order valence-electron chi connectivity index (χ4n) is 2.86. The van der Waals surface area contributed by atoms with E-state index in [-0.39, 0.29) is 6.03 Å². The highest BCUT2D eigenvalue weighted by Crippen LogP contribution is 2.36. The topological polar surface area (TPSA) is 63.9 Å². The number of amides is 2. The number of nitrogens with one attached hydrogen (secondary N) is 1. The van der Waals surface area contributed by atoms with Crippen LogP contribution in [0.25, 0.3) is 0 Å². The van der Waals surface area contributed by atoms with Crippen molar-refractivity contribution >= 4 is 23.5 Å². The summed E-state index contributed by atoms with van der Waals surface area (Å²) in [6.45, 7) is 1.37. The van der Waals surface area contributed by atoms with Crippen molar-refractivity contribution in [1.82, 2.24) is 4.90 Å². The molecule has 0 aliphatic carbocycles. The van der Waals surface area contributed by atoms with E-state index in [1.54, 1.807) is 32.6 Å². The predicted octanol–water partition coefficient (Wildman–Crippen LogP) is 4.01. The number of anilines is 1. The van der Waals surface area contributed by atoms with Crippen LogP contribution in [0.5, 0.6) is 11.5 Å². The first-order valence-electron chi connectivity index (χ1n) is 8.15. The van der Waals surface area contributed by atoms with Crippen LogP contribution in [0.3, 0.4) is 0 Å². The third kappa shape index (κ3) is 4.04. The zero-order valence-corrected chi connectivity index (χ0v) is 15.2. The Hall–Kier alpha value is -2.28. The van der Waals surface area contributed by atoms with Gasteiger partial charge in [0.25, 0.3) is 0 Å². The summed E-state index contributed by atoms with van der Waals surface area (Å²) in [5, 5.41) is 3.22. The molecule has 25 heavy (non-hydrogen) atoms. The molecule has 1 aromatic carbocycles. The number of thioether (sulfide) groups is 1. The highest BCUT2D eigenvalue weighted by atomic mass is 32.2. The molecule has 2 amide bonds. The van der Waals surface area contributed by atoms with Gasteiger partial charge in [0.2, 0.25) is 0 Å². The molecule has 0 saturated carbocycles. The van der Waals surface area contributed by atoms with Gasteiger partial charge in [-0.25, -0.2) is 4.79 Å². The fourth-order valence-corrected chi connectivity index (χ4v) is 4.04. The van der Waals surface area contributed by atoms with E-state index in [0.717, 1.165) is 17.9 Å². The lowest BCUT2D eigenvalue weighted by molar-refractivity contribution is 0.214. The third-order valence-corrected chi connectivity index (χ3v) is 5.42. The molecule has 1 aliphatic rings. The number of hydrogen-bond donors (Lipinski definition) is 1. The number of furan rings is 1. The monoisotopic (exact) mass is 362 g/mol. The maximum atomic E-state index is 12.7. The number of carbonyl (C=O) groups is 1. The fraction of sp³-hybridized carbons (Fsp3) is 0.389. The molecule has 6 nitrogen and oxygen atoms in total. The van der Waals surface area contributed by atoms with Crippen molar-refractivity contribution in [3.8, 4) is 11.5 Å². The van der Waals surface area contributed by atoms with Gasteiger partial charge in [-0.2, -0.15) is 0 Å². The van der Waals surface area contributed by atoms with Crippen molar-refractivity contribution in [2.24, 2.45) is 0 Å². The van der Waals surface area contributed by atoms with Gasteiger partial charge in [0.1, 0.15) is 5.76 Å². The van der Waals surface area contributed by atoms with Crippen LogP contribution in [0, 0.1) is 0 Å². The molecule has 1 fully saturated rings. The second-order valence-electron chi connectivity index (χ2n) is 5.62. The van der Waals surface area contributed by atoms with Crippen molar-refractivity contribution in [3.63, 3.8) is 0 Å². The predicted molar refractivity (Wildman–Crippen MR) is 98.7 cm³/mol. The third-order valence-electron chi connectivity index (χ3n) is 4.13. The van der Waals surface area contributed by atoms with Crippen LogP contribution >= 0.6 is 11.8 Å². The number of carbonyl (C=O) groups excluding carboxylic acids is 1. The van der Waals surface area contributed by atoms with Crippen molar-refractivity contribution in [1.29, 1.82) is 0 Å². The van der Waals surface area contributed by atoms with Gasteiger partial charge in [-0.05, 0) is 30.7 Å². The second-order valence-corrected chi connectivity index (χ2v) is 6.93. The SMILES string of the molecule is COc1cccc(NC(=O)N2CCSC(c3ccco3)CC2)c1OC. The Bertz CT molecular complexity index is 705. The first-order valence-corrected chi connectivity index (χ1v) is 9.19. The van der Waals surface area contributed by atoms with Gasteiger partial charge in [-0.1, -0.05) is 6.07 Å². The van der Waals surface area contributed by atoms with Crippen LogP contribution in [0.4, 0.5) is 10.5 Å². The molecule has 134 valence electrons. The van der Waals surface area contributed by atoms with Crippen LogP contribution in [0.2, 0.25) is 0 Å². The summed E-state index contributed by atoms with van der Waals surface area (Å²) in [5.74, 6) is 2.95. The minimum Gasteiger partial charge on any atom is -0.493 e. The number of rotatable bonds is 4. The Morgan fingerprint density at radius 2 is 2.12 bits per heavy atom. The van der Waals surface area contributed by atoms with Crippen molar-refractivity contribution in [2.75, 3.05) is 38.4 Å². The molecule has 3 rings (SSSR count).